The van der Waals surface area contributed by atoms with Crippen LogP contribution in [0.4, 0.5) is 5.69 Å². The van der Waals surface area contributed by atoms with Crippen molar-refractivity contribution in [3.05, 3.63) is 47.8 Å². The molecule has 0 aliphatic carbocycles. The van der Waals surface area contributed by atoms with Gasteiger partial charge in [0.05, 0.1) is 18.9 Å². The van der Waals surface area contributed by atoms with Gasteiger partial charge in [0, 0.05) is 18.8 Å². The van der Waals surface area contributed by atoms with Gasteiger partial charge >= 0.3 is 5.97 Å². The number of aromatic nitrogens is 2. The first-order valence-corrected chi connectivity index (χ1v) is 8.34. The summed E-state index contributed by atoms with van der Waals surface area (Å²) in [5, 5.41) is 6.84. The molecule has 0 unspecified atom stereocenters. The van der Waals surface area contributed by atoms with Crippen LogP contribution in [0.5, 0.6) is 5.75 Å². The van der Waals surface area contributed by atoms with Gasteiger partial charge in [-0.25, -0.2) is 4.79 Å². The fraction of sp³-hybridized carbons (Fsp3) is 0.316. The van der Waals surface area contributed by atoms with Crippen LogP contribution in [0.1, 0.15) is 36.8 Å². The summed E-state index contributed by atoms with van der Waals surface area (Å²) < 4.78 is 11.8. The Morgan fingerprint density at radius 2 is 1.96 bits per heavy atom. The Bertz CT molecular complexity index is 792. The van der Waals surface area contributed by atoms with Crippen LogP contribution in [0.25, 0.3) is 6.08 Å². The molecule has 138 valence electrons. The van der Waals surface area contributed by atoms with E-state index in [-0.39, 0.29) is 17.7 Å². The van der Waals surface area contributed by atoms with Gasteiger partial charge in [-0.15, -0.1) is 0 Å². The number of nitrogens with one attached hydrogen (secondary N) is 1. The van der Waals surface area contributed by atoms with E-state index in [2.05, 4.69) is 10.4 Å². The van der Waals surface area contributed by atoms with Crippen LogP contribution in [-0.4, -0.2) is 34.9 Å². The standard InChI is InChI=1S/C19H23N3O4/c1-5-22-12-16(18(21-22)19(24)26-13(2)3)20-17(23)11-8-14-6-9-15(25-4)10-7-14/h6-13H,5H2,1-4H3,(H,20,23)/b11-8+. The number of nitrogens with zero attached hydrogens (tertiary/aromatic N) is 2. The molecular formula is C19H23N3O4. The van der Waals surface area contributed by atoms with Crippen molar-refractivity contribution in [1.29, 1.82) is 0 Å². The molecule has 1 aromatic heterocycles. The van der Waals surface area contributed by atoms with Gasteiger partial charge in [0.1, 0.15) is 5.75 Å². The quantitative estimate of drug-likeness (QED) is 0.608. The van der Waals surface area contributed by atoms with Crippen molar-refractivity contribution in [3.8, 4) is 5.75 Å². The number of carbonyl (C=O) groups excluding carboxylic acids is 2. The van der Waals surface area contributed by atoms with Gasteiger partial charge < -0.3 is 14.8 Å². The number of amides is 1. The van der Waals surface area contributed by atoms with Crippen molar-refractivity contribution in [3.63, 3.8) is 0 Å². The van der Waals surface area contributed by atoms with Crippen LogP contribution < -0.4 is 10.1 Å². The SMILES string of the molecule is CCn1cc(NC(=O)/C=C/c2ccc(OC)cc2)c(C(=O)OC(C)C)n1. The van der Waals surface area contributed by atoms with Gasteiger partial charge in [0.15, 0.2) is 5.69 Å². The summed E-state index contributed by atoms with van der Waals surface area (Å²) in [4.78, 5) is 24.3. The Hall–Kier alpha value is -3.09. The molecule has 0 saturated heterocycles. The van der Waals surface area contributed by atoms with Crippen LogP contribution in [0, 0.1) is 0 Å². The lowest BCUT2D eigenvalue weighted by atomic mass is 10.2. The molecule has 0 bridgehead atoms. The number of aryl methyl sites for hydroxylation is 1. The summed E-state index contributed by atoms with van der Waals surface area (Å²) in [5.41, 5.74) is 1.26. The van der Waals surface area contributed by atoms with Crippen molar-refractivity contribution in [2.45, 2.75) is 33.4 Å². The van der Waals surface area contributed by atoms with E-state index < -0.39 is 5.97 Å². The zero-order valence-electron chi connectivity index (χ0n) is 15.4. The molecule has 0 saturated carbocycles. The van der Waals surface area contributed by atoms with Gasteiger partial charge in [-0.3, -0.25) is 9.48 Å². The maximum Gasteiger partial charge on any atom is 0.361 e. The van der Waals surface area contributed by atoms with Crippen LogP contribution in [0.15, 0.2) is 36.5 Å². The predicted octanol–water partition coefficient (Wildman–Crippen LogP) is 3.13. The largest absolute Gasteiger partial charge is 0.497 e. The number of benzene rings is 1. The number of anilines is 1. The summed E-state index contributed by atoms with van der Waals surface area (Å²) >= 11 is 0. The Morgan fingerprint density at radius 1 is 1.27 bits per heavy atom. The Morgan fingerprint density at radius 3 is 2.54 bits per heavy atom. The lowest BCUT2D eigenvalue weighted by molar-refractivity contribution is -0.111. The first-order chi connectivity index (χ1) is 12.4. The molecule has 1 aromatic carbocycles. The van der Waals surface area contributed by atoms with Crippen molar-refractivity contribution in [2.24, 2.45) is 0 Å². The molecule has 0 radical (unpaired) electrons. The highest BCUT2D eigenvalue weighted by Crippen LogP contribution is 2.17. The van der Waals surface area contributed by atoms with E-state index in [1.165, 1.54) is 6.08 Å². The molecule has 1 N–H and O–H groups in total. The fourth-order valence-electron chi connectivity index (χ4n) is 2.16. The van der Waals surface area contributed by atoms with E-state index in [1.54, 1.807) is 37.9 Å². The summed E-state index contributed by atoms with van der Waals surface area (Å²) in [6, 6.07) is 7.29. The maximum absolute atomic E-state index is 12.2. The van der Waals surface area contributed by atoms with Crippen LogP contribution in [0.2, 0.25) is 0 Å². The number of carbonyl (C=O) groups is 2. The second kappa shape index (κ2) is 8.84. The van der Waals surface area contributed by atoms with E-state index in [9.17, 15) is 9.59 Å². The minimum absolute atomic E-state index is 0.0896. The van der Waals surface area contributed by atoms with Gasteiger partial charge in [0.25, 0.3) is 0 Å². The number of ether oxygens (including phenoxy) is 2. The monoisotopic (exact) mass is 357 g/mol. The van der Waals surface area contributed by atoms with E-state index in [4.69, 9.17) is 9.47 Å². The highest BCUT2D eigenvalue weighted by molar-refractivity contribution is 6.05. The van der Waals surface area contributed by atoms with E-state index in [0.29, 0.717) is 12.2 Å². The number of methoxy groups -OCH3 is 1. The van der Waals surface area contributed by atoms with Crippen molar-refractivity contribution in [1.82, 2.24) is 9.78 Å². The smallest absolute Gasteiger partial charge is 0.361 e. The highest BCUT2D eigenvalue weighted by atomic mass is 16.5. The summed E-state index contributed by atoms with van der Waals surface area (Å²) in [6.07, 6.45) is 4.40. The molecule has 0 spiro atoms. The molecule has 2 aromatic rings. The number of hydrogen-bond donors (Lipinski definition) is 1. The van der Waals surface area contributed by atoms with Crippen molar-refractivity contribution >= 4 is 23.6 Å². The molecular weight excluding hydrogens is 334 g/mol. The molecule has 0 atom stereocenters. The zero-order chi connectivity index (χ0) is 19.1. The summed E-state index contributed by atoms with van der Waals surface area (Å²) in [6.45, 7) is 5.97. The predicted molar refractivity (Wildman–Crippen MR) is 99.1 cm³/mol. The Balaban J connectivity index is 2.10. The minimum Gasteiger partial charge on any atom is -0.497 e. The van der Waals surface area contributed by atoms with Crippen LogP contribution in [0.3, 0.4) is 0 Å². The third-order valence-electron chi connectivity index (χ3n) is 3.42. The third-order valence-corrected chi connectivity index (χ3v) is 3.42. The van der Waals surface area contributed by atoms with Crippen LogP contribution >= 0.6 is 0 Å². The fourth-order valence-corrected chi connectivity index (χ4v) is 2.16. The number of hydrogen-bond acceptors (Lipinski definition) is 5. The van der Waals surface area contributed by atoms with Gasteiger partial charge in [-0.05, 0) is 44.5 Å². The molecule has 7 nitrogen and oxygen atoms in total. The first-order valence-electron chi connectivity index (χ1n) is 8.34. The Labute approximate surface area is 152 Å². The highest BCUT2D eigenvalue weighted by Gasteiger charge is 2.20. The number of rotatable bonds is 7. The third kappa shape index (κ3) is 5.20. The number of esters is 1. The molecule has 1 amide bonds. The Kier molecular flexibility index (Phi) is 6.54. The van der Waals surface area contributed by atoms with E-state index >= 15 is 0 Å². The van der Waals surface area contributed by atoms with Gasteiger partial charge in [0.2, 0.25) is 5.91 Å². The minimum atomic E-state index is -0.568. The summed E-state index contributed by atoms with van der Waals surface area (Å²) in [7, 11) is 1.59. The molecule has 0 aliphatic heterocycles. The molecule has 1 heterocycles. The summed E-state index contributed by atoms with van der Waals surface area (Å²) in [5.74, 6) is -0.191. The van der Waals surface area contributed by atoms with Gasteiger partial charge in [-0.1, -0.05) is 12.1 Å². The van der Waals surface area contributed by atoms with E-state index in [1.807, 2.05) is 31.2 Å². The lowest BCUT2D eigenvalue weighted by Gasteiger charge is -2.07. The van der Waals surface area contributed by atoms with E-state index in [0.717, 1.165) is 11.3 Å². The normalized spacial score (nSPS) is 11.0. The molecule has 7 heteroatoms. The molecule has 0 fully saturated rings. The van der Waals surface area contributed by atoms with Crippen molar-refractivity contribution < 1.29 is 19.1 Å². The second-order valence-electron chi connectivity index (χ2n) is 5.80. The maximum atomic E-state index is 12.2. The molecule has 2 rings (SSSR count). The second-order valence-corrected chi connectivity index (χ2v) is 5.80. The zero-order valence-corrected chi connectivity index (χ0v) is 15.4. The lowest BCUT2D eigenvalue weighted by Crippen LogP contribution is -2.16. The topological polar surface area (TPSA) is 82.5 Å². The van der Waals surface area contributed by atoms with Crippen LogP contribution in [-0.2, 0) is 16.1 Å². The average Bonchev–Trinajstić information content (AvgIpc) is 3.03. The molecule has 0 aliphatic rings. The first kappa shape index (κ1) is 19.2. The molecule has 26 heavy (non-hydrogen) atoms. The van der Waals surface area contributed by atoms with Crippen molar-refractivity contribution in [2.75, 3.05) is 12.4 Å². The van der Waals surface area contributed by atoms with Gasteiger partial charge in [-0.2, -0.15) is 5.10 Å². The average molecular weight is 357 g/mol.